The molecule has 4 rings (SSSR count). The average molecular weight is 388 g/mol. The van der Waals surface area contributed by atoms with Crippen molar-refractivity contribution in [2.24, 2.45) is 17.8 Å². The van der Waals surface area contributed by atoms with E-state index in [9.17, 15) is 9.18 Å². The molecule has 154 valence electrons. The zero-order valence-corrected chi connectivity index (χ0v) is 17.1. The van der Waals surface area contributed by atoms with Crippen LogP contribution in [0, 0.1) is 23.6 Å². The molecule has 1 aromatic rings. The lowest BCUT2D eigenvalue weighted by molar-refractivity contribution is 0.154. The van der Waals surface area contributed by atoms with Crippen LogP contribution in [0.1, 0.15) is 51.9 Å². The molecule has 3 fully saturated rings. The number of benzene rings is 1. The lowest BCUT2D eigenvalue weighted by Gasteiger charge is -2.40. The minimum absolute atomic E-state index is 0.0555. The highest BCUT2D eigenvalue weighted by atomic mass is 19.1. The Kier molecular flexibility index (Phi) is 6.19. The van der Waals surface area contributed by atoms with Gasteiger partial charge in [-0.25, -0.2) is 9.18 Å². The molecule has 1 aliphatic heterocycles. The molecule has 2 bridgehead atoms. The lowest BCUT2D eigenvalue weighted by Crippen LogP contribution is -2.51. The fraction of sp³-hybridized carbons (Fsp3) is 0.696. The van der Waals surface area contributed by atoms with Gasteiger partial charge in [0.15, 0.2) is 0 Å². The van der Waals surface area contributed by atoms with Gasteiger partial charge in [0.05, 0.1) is 0 Å². The average Bonchev–Trinajstić information content (AvgIpc) is 3.32. The SMILES string of the molecule is CCCNC(=O)N(c1ccc(F)cc1)C1CCN(C[C@H]2CC3CCC2C3)CC1. The Labute approximate surface area is 168 Å². The largest absolute Gasteiger partial charge is 0.338 e. The molecule has 2 amide bonds. The maximum atomic E-state index is 13.4. The third-order valence-electron chi connectivity index (χ3n) is 7.15. The number of hydrogen-bond acceptors (Lipinski definition) is 2. The highest BCUT2D eigenvalue weighted by Crippen LogP contribution is 2.48. The van der Waals surface area contributed by atoms with Gasteiger partial charge in [-0.15, -0.1) is 0 Å². The summed E-state index contributed by atoms with van der Waals surface area (Å²) in [5, 5.41) is 3.01. The summed E-state index contributed by atoms with van der Waals surface area (Å²) < 4.78 is 13.4. The van der Waals surface area contributed by atoms with Crippen LogP contribution >= 0.6 is 0 Å². The van der Waals surface area contributed by atoms with E-state index in [0.717, 1.165) is 55.8 Å². The maximum Gasteiger partial charge on any atom is 0.322 e. The first-order chi connectivity index (χ1) is 13.6. The summed E-state index contributed by atoms with van der Waals surface area (Å²) in [5.74, 6) is 2.61. The van der Waals surface area contributed by atoms with Gasteiger partial charge in [0.1, 0.15) is 5.82 Å². The van der Waals surface area contributed by atoms with Gasteiger partial charge in [-0.1, -0.05) is 13.3 Å². The standard InChI is InChI=1S/C23H34FN3O/c1-2-11-25-23(28)27(21-7-5-20(24)6-8-21)22-9-12-26(13-10-22)16-19-15-17-3-4-18(19)14-17/h5-8,17-19,22H,2-4,9-16H2,1H3,(H,25,28)/t17?,18?,19-/m1/s1. The van der Waals surface area contributed by atoms with E-state index >= 15 is 0 Å². The van der Waals surface area contributed by atoms with E-state index in [1.54, 1.807) is 12.1 Å². The fourth-order valence-electron chi connectivity index (χ4n) is 5.70. The van der Waals surface area contributed by atoms with E-state index in [0.29, 0.717) is 6.54 Å². The molecule has 0 radical (unpaired) electrons. The van der Waals surface area contributed by atoms with Crippen LogP contribution in [0.2, 0.25) is 0 Å². The Hall–Kier alpha value is -1.62. The second kappa shape index (κ2) is 8.81. The van der Waals surface area contributed by atoms with Gasteiger partial charge in [0, 0.05) is 37.9 Å². The molecule has 2 saturated carbocycles. The Morgan fingerprint density at radius 3 is 2.50 bits per heavy atom. The van der Waals surface area contributed by atoms with Crippen LogP contribution in [0.4, 0.5) is 14.9 Å². The quantitative estimate of drug-likeness (QED) is 0.771. The molecule has 0 spiro atoms. The number of hydrogen-bond donors (Lipinski definition) is 1. The number of rotatable bonds is 6. The number of anilines is 1. The minimum Gasteiger partial charge on any atom is -0.338 e. The summed E-state index contributed by atoms with van der Waals surface area (Å²) >= 11 is 0. The predicted molar refractivity (Wildman–Crippen MR) is 111 cm³/mol. The smallest absolute Gasteiger partial charge is 0.322 e. The van der Waals surface area contributed by atoms with E-state index in [4.69, 9.17) is 0 Å². The van der Waals surface area contributed by atoms with E-state index < -0.39 is 0 Å². The van der Waals surface area contributed by atoms with E-state index in [-0.39, 0.29) is 17.9 Å². The Bertz CT molecular complexity index is 656. The molecule has 1 N–H and O–H groups in total. The van der Waals surface area contributed by atoms with Crippen molar-refractivity contribution in [1.82, 2.24) is 10.2 Å². The van der Waals surface area contributed by atoms with Gasteiger partial charge in [-0.05, 0) is 80.5 Å². The van der Waals surface area contributed by atoms with Crippen molar-refractivity contribution in [2.75, 3.05) is 31.1 Å². The summed E-state index contributed by atoms with van der Waals surface area (Å²) in [5.41, 5.74) is 0.793. The van der Waals surface area contributed by atoms with E-state index in [1.807, 2.05) is 4.90 Å². The Balaban J connectivity index is 1.37. The molecule has 1 heterocycles. The summed E-state index contributed by atoms with van der Waals surface area (Å²) in [7, 11) is 0. The van der Waals surface area contributed by atoms with Crippen molar-refractivity contribution in [3.8, 4) is 0 Å². The Morgan fingerprint density at radius 2 is 1.89 bits per heavy atom. The molecular weight excluding hydrogens is 353 g/mol. The Morgan fingerprint density at radius 1 is 1.14 bits per heavy atom. The first-order valence-electron chi connectivity index (χ1n) is 11.2. The molecule has 5 heteroatoms. The monoisotopic (exact) mass is 387 g/mol. The maximum absolute atomic E-state index is 13.4. The molecule has 3 aliphatic rings. The van der Waals surface area contributed by atoms with Crippen molar-refractivity contribution in [1.29, 1.82) is 0 Å². The molecule has 1 saturated heterocycles. The van der Waals surface area contributed by atoms with Crippen LogP contribution in [-0.4, -0.2) is 43.2 Å². The van der Waals surface area contributed by atoms with Gasteiger partial charge in [0.2, 0.25) is 0 Å². The van der Waals surface area contributed by atoms with Crippen LogP contribution in [0.15, 0.2) is 24.3 Å². The highest BCUT2D eigenvalue weighted by Gasteiger charge is 2.40. The molecule has 4 nitrogen and oxygen atoms in total. The normalized spacial score (nSPS) is 27.9. The third kappa shape index (κ3) is 4.35. The summed E-state index contributed by atoms with van der Waals surface area (Å²) in [6, 6.07) is 6.46. The number of carbonyl (C=O) groups excluding carboxylic acids is 1. The van der Waals surface area contributed by atoms with Crippen LogP contribution in [0.25, 0.3) is 0 Å². The minimum atomic E-state index is -0.265. The van der Waals surface area contributed by atoms with Crippen molar-refractivity contribution >= 4 is 11.7 Å². The van der Waals surface area contributed by atoms with Crippen molar-refractivity contribution in [3.63, 3.8) is 0 Å². The number of piperidine rings is 1. The number of carbonyl (C=O) groups is 1. The number of amides is 2. The van der Waals surface area contributed by atoms with Gasteiger partial charge in [-0.2, -0.15) is 0 Å². The highest BCUT2D eigenvalue weighted by molar-refractivity contribution is 5.92. The molecule has 2 unspecified atom stereocenters. The van der Waals surface area contributed by atoms with Crippen LogP contribution < -0.4 is 10.2 Å². The van der Waals surface area contributed by atoms with Crippen LogP contribution in [0.5, 0.6) is 0 Å². The predicted octanol–water partition coefficient (Wildman–Crippen LogP) is 4.65. The topological polar surface area (TPSA) is 35.6 Å². The molecule has 28 heavy (non-hydrogen) atoms. The number of likely N-dealkylation sites (tertiary alicyclic amines) is 1. The number of halogens is 1. The second-order valence-corrected chi connectivity index (χ2v) is 9.05. The summed E-state index contributed by atoms with van der Waals surface area (Å²) in [6.45, 7) is 6.07. The van der Waals surface area contributed by atoms with Crippen molar-refractivity contribution in [3.05, 3.63) is 30.1 Å². The number of fused-ring (bicyclic) bond motifs is 2. The summed E-state index contributed by atoms with van der Waals surface area (Å²) in [4.78, 5) is 17.3. The van der Waals surface area contributed by atoms with Crippen molar-refractivity contribution in [2.45, 2.75) is 57.9 Å². The zero-order chi connectivity index (χ0) is 19.5. The van der Waals surface area contributed by atoms with E-state index in [2.05, 4.69) is 17.1 Å². The van der Waals surface area contributed by atoms with Gasteiger partial charge in [-0.3, -0.25) is 4.90 Å². The molecule has 0 aromatic heterocycles. The number of urea groups is 1. The molecular formula is C23H34FN3O. The van der Waals surface area contributed by atoms with Gasteiger partial charge in [0.25, 0.3) is 0 Å². The lowest BCUT2D eigenvalue weighted by atomic mass is 9.88. The van der Waals surface area contributed by atoms with Crippen molar-refractivity contribution < 1.29 is 9.18 Å². The number of nitrogens with zero attached hydrogens (tertiary/aromatic N) is 2. The van der Waals surface area contributed by atoms with Crippen LogP contribution in [0.3, 0.4) is 0 Å². The van der Waals surface area contributed by atoms with Gasteiger partial charge < -0.3 is 10.2 Å². The van der Waals surface area contributed by atoms with Gasteiger partial charge >= 0.3 is 6.03 Å². The van der Waals surface area contributed by atoms with Crippen LogP contribution in [-0.2, 0) is 0 Å². The molecule has 2 aliphatic carbocycles. The first-order valence-corrected chi connectivity index (χ1v) is 11.2. The zero-order valence-electron chi connectivity index (χ0n) is 17.1. The first kappa shape index (κ1) is 19.7. The van der Waals surface area contributed by atoms with E-state index in [1.165, 1.54) is 44.4 Å². The summed E-state index contributed by atoms with van der Waals surface area (Å²) in [6.07, 6.45) is 8.69. The fourth-order valence-corrected chi connectivity index (χ4v) is 5.70. The second-order valence-electron chi connectivity index (χ2n) is 9.05. The molecule has 1 aromatic carbocycles. The third-order valence-corrected chi connectivity index (χ3v) is 7.15. The molecule has 3 atom stereocenters. The number of nitrogens with one attached hydrogen (secondary N) is 1.